The van der Waals surface area contributed by atoms with Gasteiger partial charge in [0.25, 0.3) is 0 Å². The molecule has 0 heterocycles. The van der Waals surface area contributed by atoms with Crippen molar-refractivity contribution in [3.8, 4) is 0 Å². The van der Waals surface area contributed by atoms with Crippen molar-refractivity contribution in [3.05, 3.63) is 30.3 Å². The second-order valence-electron chi connectivity index (χ2n) is 4.30. The Balaban J connectivity index is 2.03. The van der Waals surface area contributed by atoms with Crippen LogP contribution in [0.1, 0.15) is 26.2 Å². The first kappa shape index (κ1) is 13.0. The van der Waals surface area contributed by atoms with Crippen LogP contribution in [0.4, 0.5) is 5.69 Å². The van der Waals surface area contributed by atoms with Gasteiger partial charge in [-0.2, -0.15) is 0 Å². The van der Waals surface area contributed by atoms with E-state index in [1.165, 1.54) is 38.0 Å². The lowest BCUT2D eigenvalue weighted by molar-refractivity contribution is 0.327. The molecule has 0 aliphatic rings. The van der Waals surface area contributed by atoms with Gasteiger partial charge in [0.05, 0.1) is 0 Å². The monoisotopic (exact) mass is 220 g/mol. The van der Waals surface area contributed by atoms with Crippen LogP contribution in [0.2, 0.25) is 0 Å². The van der Waals surface area contributed by atoms with Gasteiger partial charge in [-0.25, -0.2) is 0 Å². The lowest BCUT2D eigenvalue weighted by Crippen LogP contribution is -2.22. The van der Waals surface area contributed by atoms with Crippen molar-refractivity contribution < 1.29 is 0 Å². The summed E-state index contributed by atoms with van der Waals surface area (Å²) >= 11 is 0. The Morgan fingerprint density at radius 2 is 1.75 bits per heavy atom. The van der Waals surface area contributed by atoms with Gasteiger partial charge < -0.3 is 10.2 Å². The molecule has 0 saturated heterocycles. The van der Waals surface area contributed by atoms with Crippen molar-refractivity contribution in [1.82, 2.24) is 4.90 Å². The molecule has 1 rings (SSSR count). The van der Waals surface area contributed by atoms with Crippen molar-refractivity contribution in [2.24, 2.45) is 0 Å². The van der Waals surface area contributed by atoms with E-state index in [1.54, 1.807) is 0 Å². The second kappa shape index (κ2) is 8.17. The van der Waals surface area contributed by atoms with Gasteiger partial charge in [0.2, 0.25) is 0 Å². The second-order valence-corrected chi connectivity index (χ2v) is 4.30. The summed E-state index contributed by atoms with van der Waals surface area (Å²) in [5.74, 6) is 0. The van der Waals surface area contributed by atoms with Gasteiger partial charge in [-0.1, -0.05) is 31.5 Å². The fourth-order valence-electron chi connectivity index (χ4n) is 1.68. The lowest BCUT2D eigenvalue weighted by atomic mass is 10.3. The number of rotatable bonds is 8. The van der Waals surface area contributed by atoms with Crippen molar-refractivity contribution in [2.75, 3.05) is 32.0 Å². The largest absolute Gasteiger partial charge is 0.385 e. The van der Waals surface area contributed by atoms with Crippen molar-refractivity contribution >= 4 is 5.69 Å². The van der Waals surface area contributed by atoms with Crippen molar-refractivity contribution in [3.63, 3.8) is 0 Å². The molecule has 0 bridgehead atoms. The average Bonchev–Trinajstić information content (AvgIpc) is 2.33. The molecule has 1 N–H and O–H groups in total. The Morgan fingerprint density at radius 3 is 2.44 bits per heavy atom. The van der Waals surface area contributed by atoms with E-state index in [0.29, 0.717) is 0 Å². The van der Waals surface area contributed by atoms with Crippen LogP contribution in [0.3, 0.4) is 0 Å². The quantitative estimate of drug-likeness (QED) is 0.677. The van der Waals surface area contributed by atoms with Crippen LogP contribution < -0.4 is 5.32 Å². The molecule has 0 aromatic heterocycles. The molecule has 1 aromatic rings. The Hall–Kier alpha value is -1.02. The molecule has 90 valence electrons. The smallest absolute Gasteiger partial charge is 0.0340 e. The summed E-state index contributed by atoms with van der Waals surface area (Å²) in [6.07, 6.45) is 3.80. The molecule has 2 heteroatoms. The highest BCUT2D eigenvalue weighted by atomic mass is 15.1. The molecule has 0 aliphatic heterocycles. The molecular weight excluding hydrogens is 196 g/mol. The first-order valence-corrected chi connectivity index (χ1v) is 6.30. The fraction of sp³-hybridized carbons (Fsp3) is 0.571. The zero-order chi connectivity index (χ0) is 11.6. The van der Waals surface area contributed by atoms with Crippen LogP contribution in [0.5, 0.6) is 0 Å². The number of anilines is 1. The predicted octanol–water partition coefficient (Wildman–Crippen LogP) is 3.22. The van der Waals surface area contributed by atoms with Gasteiger partial charge in [0.1, 0.15) is 0 Å². The van der Waals surface area contributed by atoms with Gasteiger partial charge in [0.15, 0.2) is 0 Å². The van der Waals surface area contributed by atoms with E-state index >= 15 is 0 Å². The Bertz CT molecular complexity index is 259. The normalized spacial score (nSPS) is 10.7. The number of nitrogens with zero attached hydrogens (tertiary/aromatic N) is 1. The summed E-state index contributed by atoms with van der Waals surface area (Å²) in [5, 5.41) is 3.43. The molecule has 0 aliphatic carbocycles. The molecule has 16 heavy (non-hydrogen) atoms. The third kappa shape index (κ3) is 5.76. The van der Waals surface area contributed by atoms with E-state index in [-0.39, 0.29) is 0 Å². The minimum atomic E-state index is 1.06. The minimum Gasteiger partial charge on any atom is -0.385 e. The molecule has 0 radical (unpaired) electrons. The maximum Gasteiger partial charge on any atom is 0.0340 e. The Kier molecular flexibility index (Phi) is 6.66. The number of benzene rings is 1. The molecule has 0 fully saturated rings. The van der Waals surface area contributed by atoms with Crippen LogP contribution >= 0.6 is 0 Å². The number of nitrogens with one attached hydrogen (secondary N) is 1. The van der Waals surface area contributed by atoms with Crippen molar-refractivity contribution in [1.29, 1.82) is 0 Å². The molecule has 1 aromatic carbocycles. The summed E-state index contributed by atoms with van der Waals surface area (Å²) in [6.45, 7) is 5.70. The zero-order valence-corrected chi connectivity index (χ0v) is 10.6. The van der Waals surface area contributed by atoms with Gasteiger partial charge in [-0.15, -0.1) is 0 Å². The molecule has 0 unspecified atom stereocenters. The first-order chi connectivity index (χ1) is 7.83. The van der Waals surface area contributed by atoms with Crippen molar-refractivity contribution in [2.45, 2.75) is 26.2 Å². The molecule has 2 nitrogen and oxygen atoms in total. The standard InChI is InChI=1S/C14H24N2/c1-3-4-12-16(2)13-8-11-15-14-9-6-5-7-10-14/h5-7,9-10,15H,3-4,8,11-13H2,1-2H3. The van der Waals surface area contributed by atoms with Gasteiger partial charge in [-0.3, -0.25) is 0 Å². The van der Waals surface area contributed by atoms with E-state index in [2.05, 4.69) is 48.5 Å². The number of hydrogen-bond donors (Lipinski definition) is 1. The third-order valence-corrected chi connectivity index (χ3v) is 2.71. The predicted molar refractivity (Wildman–Crippen MR) is 72.0 cm³/mol. The lowest BCUT2D eigenvalue weighted by Gasteiger charge is -2.16. The van der Waals surface area contributed by atoms with E-state index in [1.807, 2.05) is 6.07 Å². The van der Waals surface area contributed by atoms with Gasteiger partial charge >= 0.3 is 0 Å². The van der Waals surface area contributed by atoms with Crippen LogP contribution in [-0.4, -0.2) is 31.6 Å². The minimum absolute atomic E-state index is 1.06. The Morgan fingerprint density at radius 1 is 1.06 bits per heavy atom. The highest BCUT2D eigenvalue weighted by Crippen LogP contribution is 2.04. The van der Waals surface area contributed by atoms with E-state index in [4.69, 9.17) is 0 Å². The average molecular weight is 220 g/mol. The SMILES string of the molecule is CCCCN(C)CCCNc1ccccc1. The summed E-state index contributed by atoms with van der Waals surface area (Å²) in [5.41, 5.74) is 1.22. The van der Waals surface area contributed by atoms with Crippen LogP contribution in [0.25, 0.3) is 0 Å². The summed E-state index contributed by atoms with van der Waals surface area (Å²) < 4.78 is 0. The van der Waals surface area contributed by atoms with Crippen LogP contribution in [-0.2, 0) is 0 Å². The van der Waals surface area contributed by atoms with Gasteiger partial charge in [-0.05, 0) is 45.1 Å². The molecular formula is C14H24N2. The molecule has 0 spiro atoms. The highest BCUT2D eigenvalue weighted by Gasteiger charge is 1.96. The Labute approximate surface area is 99.7 Å². The van der Waals surface area contributed by atoms with Crippen LogP contribution in [0, 0.1) is 0 Å². The molecule has 0 saturated carbocycles. The highest BCUT2D eigenvalue weighted by molar-refractivity contribution is 5.42. The fourth-order valence-corrected chi connectivity index (χ4v) is 1.68. The van der Waals surface area contributed by atoms with E-state index in [9.17, 15) is 0 Å². The number of unbranched alkanes of at least 4 members (excludes halogenated alkanes) is 1. The summed E-state index contributed by atoms with van der Waals surface area (Å²) in [4.78, 5) is 2.41. The first-order valence-electron chi connectivity index (χ1n) is 6.30. The molecule has 0 amide bonds. The topological polar surface area (TPSA) is 15.3 Å². The maximum atomic E-state index is 3.43. The van der Waals surface area contributed by atoms with Crippen LogP contribution in [0.15, 0.2) is 30.3 Å². The maximum absolute atomic E-state index is 3.43. The zero-order valence-electron chi connectivity index (χ0n) is 10.6. The molecule has 0 atom stereocenters. The third-order valence-electron chi connectivity index (χ3n) is 2.71. The number of para-hydroxylation sites is 1. The van der Waals surface area contributed by atoms with Gasteiger partial charge in [0, 0.05) is 12.2 Å². The number of hydrogen-bond acceptors (Lipinski definition) is 2. The van der Waals surface area contributed by atoms with E-state index in [0.717, 1.165) is 6.54 Å². The summed E-state index contributed by atoms with van der Waals surface area (Å²) in [7, 11) is 2.21. The summed E-state index contributed by atoms with van der Waals surface area (Å²) in [6, 6.07) is 10.4. The van der Waals surface area contributed by atoms with E-state index < -0.39 is 0 Å².